The number of hydrogen-bond acceptors (Lipinski definition) is 2. The molecule has 0 amide bonds. The van der Waals surface area contributed by atoms with Gasteiger partial charge in [-0.2, -0.15) is 5.26 Å². The van der Waals surface area contributed by atoms with Crippen molar-refractivity contribution in [2.45, 2.75) is 32.1 Å². The molecule has 0 bridgehead atoms. The molecule has 60 valence electrons. The Labute approximate surface area is 67.2 Å². The first kappa shape index (κ1) is 8.26. The highest BCUT2D eigenvalue weighted by atomic mass is 16.1. The van der Waals surface area contributed by atoms with Gasteiger partial charge in [0.05, 0.1) is 6.07 Å². The molecule has 0 saturated heterocycles. The molecule has 1 aliphatic rings. The second-order valence-electron chi connectivity index (χ2n) is 3.21. The van der Waals surface area contributed by atoms with Crippen molar-refractivity contribution in [2.75, 3.05) is 0 Å². The van der Waals surface area contributed by atoms with E-state index >= 15 is 0 Å². The van der Waals surface area contributed by atoms with Crippen LogP contribution in [0, 0.1) is 23.2 Å². The first-order valence-electron chi connectivity index (χ1n) is 4.20. The summed E-state index contributed by atoms with van der Waals surface area (Å²) in [4.78, 5) is 10.5. The molecule has 2 nitrogen and oxygen atoms in total. The van der Waals surface area contributed by atoms with Gasteiger partial charge >= 0.3 is 0 Å². The van der Waals surface area contributed by atoms with Gasteiger partial charge in [-0.3, -0.25) is 0 Å². The van der Waals surface area contributed by atoms with Crippen molar-refractivity contribution < 1.29 is 4.79 Å². The van der Waals surface area contributed by atoms with Gasteiger partial charge in [0.1, 0.15) is 6.29 Å². The molecule has 1 aliphatic carbocycles. The molecule has 0 spiro atoms. The van der Waals surface area contributed by atoms with Gasteiger partial charge in [-0.15, -0.1) is 0 Å². The average Bonchev–Trinajstić information content (AvgIpc) is 2.52. The fourth-order valence-corrected chi connectivity index (χ4v) is 1.82. The predicted octanol–water partition coefficient (Wildman–Crippen LogP) is 1.91. The molecule has 11 heavy (non-hydrogen) atoms. The summed E-state index contributed by atoms with van der Waals surface area (Å²) in [6.07, 6.45) is 6.13. The fourth-order valence-electron chi connectivity index (χ4n) is 1.82. The molecule has 0 unspecified atom stereocenters. The van der Waals surface area contributed by atoms with Gasteiger partial charge in [0.2, 0.25) is 0 Å². The van der Waals surface area contributed by atoms with Crippen LogP contribution in [0.25, 0.3) is 0 Å². The molecule has 0 heterocycles. The molecular weight excluding hydrogens is 138 g/mol. The van der Waals surface area contributed by atoms with Crippen molar-refractivity contribution in [1.29, 1.82) is 5.26 Å². The van der Waals surface area contributed by atoms with Crippen LogP contribution in [0.3, 0.4) is 0 Å². The van der Waals surface area contributed by atoms with Crippen LogP contribution in [0.5, 0.6) is 0 Å². The van der Waals surface area contributed by atoms with Crippen molar-refractivity contribution in [3.8, 4) is 6.07 Å². The summed E-state index contributed by atoms with van der Waals surface area (Å²) in [6, 6.07) is 2.06. The smallest absolute Gasteiger partial charge is 0.124 e. The third kappa shape index (κ3) is 2.04. The topological polar surface area (TPSA) is 40.9 Å². The quantitative estimate of drug-likeness (QED) is 0.578. The number of rotatable bonds is 3. The Morgan fingerprint density at radius 1 is 1.55 bits per heavy atom. The predicted molar refractivity (Wildman–Crippen MR) is 41.7 cm³/mol. The van der Waals surface area contributed by atoms with E-state index < -0.39 is 0 Å². The number of hydrogen-bond donors (Lipinski definition) is 0. The molecule has 0 aromatic carbocycles. The average molecular weight is 151 g/mol. The molecule has 0 N–H and O–H groups in total. The molecule has 0 radical (unpaired) electrons. The lowest BCUT2D eigenvalue weighted by atomic mass is 9.90. The Kier molecular flexibility index (Phi) is 3.10. The van der Waals surface area contributed by atoms with E-state index in [1.807, 2.05) is 0 Å². The van der Waals surface area contributed by atoms with Crippen molar-refractivity contribution in [2.24, 2.45) is 11.8 Å². The summed E-state index contributed by atoms with van der Waals surface area (Å²) in [5, 5.41) is 8.42. The Hall–Kier alpha value is -0.840. The zero-order chi connectivity index (χ0) is 8.10. The van der Waals surface area contributed by atoms with Gasteiger partial charge in [0.15, 0.2) is 0 Å². The molecule has 1 fully saturated rings. The minimum Gasteiger partial charge on any atom is -0.303 e. The lowest BCUT2D eigenvalue weighted by Crippen LogP contribution is -2.12. The second kappa shape index (κ2) is 4.12. The van der Waals surface area contributed by atoms with Crippen LogP contribution in [0.4, 0.5) is 0 Å². The van der Waals surface area contributed by atoms with Gasteiger partial charge in [0, 0.05) is 12.3 Å². The summed E-state index contributed by atoms with van der Waals surface area (Å²) in [5.41, 5.74) is 0. The maximum Gasteiger partial charge on any atom is 0.124 e. The molecular formula is C9H13NO. The SMILES string of the molecule is N#CC[C@@H](C=O)C1CCCC1. The summed E-state index contributed by atoms with van der Waals surface area (Å²) in [5.74, 6) is 0.523. The van der Waals surface area contributed by atoms with E-state index in [4.69, 9.17) is 5.26 Å². The molecule has 2 heteroatoms. The van der Waals surface area contributed by atoms with E-state index in [2.05, 4.69) is 6.07 Å². The summed E-state index contributed by atoms with van der Waals surface area (Å²) < 4.78 is 0. The Balaban J connectivity index is 2.41. The number of nitrogens with zero attached hydrogens (tertiary/aromatic N) is 1. The minimum atomic E-state index is 0.0162. The highest BCUT2D eigenvalue weighted by molar-refractivity contribution is 5.54. The highest BCUT2D eigenvalue weighted by Crippen LogP contribution is 2.31. The summed E-state index contributed by atoms with van der Waals surface area (Å²) in [6.45, 7) is 0. The van der Waals surface area contributed by atoms with E-state index in [0.29, 0.717) is 12.3 Å². The molecule has 0 aliphatic heterocycles. The highest BCUT2D eigenvalue weighted by Gasteiger charge is 2.23. The van der Waals surface area contributed by atoms with Gasteiger partial charge in [0.25, 0.3) is 0 Å². The molecule has 0 aromatic rings. The van der Waals surface area contributed by atoms with E-state index in [9.17, 15) is 4.79 Å². The van der Waals surface area contributed by atoms with Gasteiger partial charge in [-0.25, -0.2) is 0 Å². The van der Waals surface area contributed by atoms with Crippen molar-refractivity contribution in [3.63, 3.8) is 0 Å². The number of carbonyl (C=O) groups excluding carboxylic acids is 1. The fraction of sp³-hybridized carbons (Fsp3) is 0.778. The molecule has 1 rings (SSSR count). The first-order valence-corrected chi connectivity index (χ1v) is 4.20. The third-order valence-electron chi connectivity index (χ3n) is 2.51. The van der Waals surface area contributed by atoms with Crippen molar-refractivity contribution >= 4 is 6.29 Å². The number of carbonyl (C=O) groups is 1. The Morgan fingerprint density at radius 3 is 2.64 bits per heavy atom. The van der Waals surface area contributed by atoms with Crippen LogP contribution >= 0.6 is 0 Å². The van der Waals surface area contributed by atoms with Gasteiger partial charge in [-0.05, 0) is 18.8 Å². The zero-order valence-corrected chi connectivity index (χ0v) is 6.62. The van der Waals surface area contributed by atoms with Crippen LogP contribution in [-0.4, -0.2) is 6.29 Å². The van der Waals surface area contributed by atoms with Crippen LogP contribution in [0.2, 0.25) is 0 Å². The third-order valence-corrected chi connectivity index (χ3v) is 2.51. The van der Waals surface area contributed by atoms with Crippen molar-refractivity contribution in [1.82, 2.24) is 0 Å². The monoisotopic (exact) mass is 151 g/mol. The second-order valence-corrected chi connectivity index (χ2v) is 3.21. The van der Waals surface area contributed by atoms with Crippen LogP contribution in [0.15, 0.2) is 0 Å². The van der Waals surface area contributed by atoms with Crippen LogP contribution in [0.1, 0.15) is 32.1 Å². The lowest BCUT2D eigenvalue weighted by molar-refractivity contribution is -0.112. The van der Waals surface area contributed by atoms with E-state index in [0.717, 1.165) is 19.1 Å². The van der Waals surface area contributed by atoms with Gasteiger partial charge < -0.3 is 4.79 Å². The molecule has 0 aromatic heterocycles. The Bertz CT molecular complexity index is 165. The summed E-state index contributed by atoms with van der Waals surface area (Å²) in [7, 11) is 0. The first-order chi connectivity index (χ1) is 5.38. The number of nitriles is 1. The Morgan fingerprint density at radius 2 is 2.18 bits per heavy atom. The maximum absolute atomic E-state index is 10.5. The zero-order valence-electron chi connectivity index (χ0n) is 6.62. The van der Waals surface area contributed by atoms with Crippen LogP contribution in [-0.2, 0) is 4.79 Å². The standard InChI is InChI=1S/C9H13NO/c10-6-5-9(7-11)8-3-1-2-4-8/h7-9H,1-5H2/t9-/m0/s1. The van der Waals surface area contributed by atoms with Gasteiger partial charge in [-0.1, -0.05) is 12.8 Å². The van der Waals surface area contributed by atoms with E-state index in [1.165, 1.54) is 12.8 Å². The molecule has 1 saturated carbocycles. The summed E-state index contributed by atoms with van der Waals surface area (Å²) >= 11 is 0. The van der Waals surface area contributed by atoms with Crippen molar-refractivity contribution in [3.05, 3.63) is 0 Å². The normalized spacial score (nSPS) is 21.0. The van der Waals surface area contributed by atoms with E-state index in [1.54, 1.807) is 0 Å². The maximum atomic E-state index is 10.5. The number of aldehydes is 1. The molecule has 1 atom stereocenters. The minimum absolute atomic E-state index is 0.0162. The van der Waals surface area contributed by atoms with E-state index in [-0.39, 0.29) is 5.92 Å². The van der Waals surface area contributed by atoms with Crippen LogP contribution < -0.4 is 0 Å². The largest absolute Gasteiger partial charge is 0.303 e. The lowest BCUT2D eigenvalue weighted by Gasteiger charge is -2.12.